The molecule has 0 heterocycles. The molecule has 17 heavy (non-hydrogen) atoms. The molecule has 0 radical (unpaired) electrons. The predicted molar refractivity (Wildman–Crippen MR) is 59.6 cm³/mol. The third kappa shape index (κ3) is 2.94. The standard InChI is InChI=1S/C11H10ClNO4/c12-7-3-1-2-6(11(16)17)9(7)10(15)8(14)4-5-13/h1-3,8,10,14-15H,4H2,(H,16,17). The van der Waals surface area contributed by atoms with Gasteiger partial charge in [-0.15, -0.1) is 0 Å². The van der Waals surface area contributed by atoms with E-state index in [-0.39, 0.29) is 22.6 Å². The zero-order valence-electron chi connectivity index (χ0n) is 8.67. The maximum absolute atomic E-state index is 10.9. The molecule has 3 N–H and O–H groups in total. The first-order valence-electron chi connectivity index (χ1n) is 4.73. The number of aliphatic hydroxyl groups excluding tert-OH is 2. The second-order valence-corrected chi connectivity index (χ2v) is 3.79. The molecule has 90 valence electrons. The summed E-state index contributed by atoms with van der Waals surface area (Å²) in [6.45, 7) is 0. The van der Waals surface area contributed by atoms with E-state index < -0.39 is 18.2 Å². The van der Waals surface area contributed by atoms with Crippen LogP contribution in [0.1, 0.15) is 28.4 Å². The molecule has 2 atom stereocenters. The number of hydrogen-bond donors (Lipinski definition) is 3. The average Bonchev–Trinajstić information content (AvgIpc) is 2.28. The van der Waals surface area contributed by atoms with Gasteiger partial charge in [0.25, 0.3) is 0 Å². The lowest BCUT2D eigenvalue weighted by Gasteiger charge is -2.18. The number of carbonyl (C=O) groups is 1. The first-order valence-corrected chi connectivity index (χ1v) is 5.11. The van der Waals surface area contributed by atoms with Crippen LogP contribution >= 0.6 is 11.6 Å². The van der Waals surface area contributed by atoms with Crippen LogP contribution in [0.2, 0.25) is 5.02 Å². The zero-order valence-corrected chi connectivity index (χ0v) is 9.42. The van der Waals surface area contributed by atoms with Crippen molar-refractivity contribution in [3.8, 4) is 6.07 Å². The van der Waals surface area contributed by atoms with E-state index in [2.05, 4.69) is 0 Å². The Morgan fingerprint density at radius 1 is 1.47 bits per heavy atom. The third-order valence-electron chi connectivity index (χ3n) is 2.24. The summed E-state index contributed by atoms with van der Waals surface area (Å²) >= 11 is 5.80. The lowest BCUT2D eigenvalue weighted by molar-refractivity contribution is 0.0206. The fourth-order valence-corrected chi connectivity index (χ4v) is 1.71. The van der Waals surface area contributed by atoms with Crippen molar-refractivity contribution in [3.63, 3.8) is 0 Å². The second-order valence-electron chi connectivity index (χ2n) is 3.38. The zero-order chi connectivity index (χ0) is 13.0. The first-order chi connectivity index (χ1) is 7.99. The molecular weight excluding hydrogens is 246 g/mol. The summed E-state index contributed by atoms with van der Waals surface area (Å²) in [4.78, 5) is 10.9. The van der Waals surface area contributed by atoms with Crippen LogP contribution in [0.3, 0.4) is 0 Å². The Morgan fingerprint density at radius 2 is 2.12 bits per heavy atom. The highest BCUT2D eigenvalue weighted by Crippen LogP contribution is 2.29. The third-order valence-corrected chi connectivity index (χ3v) is 2.57. The van der Waals surface area contributed by atoms with E-state index in [1.54, 1.807) is 6.07 Å². The predicted octanol–water partition coefficient (Wildman–Crippen LogP) is 1.35. The smallest absolute Gasteiger partial charge is 0.336 e. The summed E-state index contributed by atoms with van der Waals surface area (Å²) in [5, 5.41) is 36.6. The fourth-order valence-electron chi connectivity index (χ4n) is 1.42. The number of nitrogens with zero attached hydrogens (tertiary/aromatic N) is 1. The number of carboxylic acid groups (broad SMARTS) is 1. The van der Waals surface area contributed by atoms with Gasteiger partial charge < -0.3 is 15.3 Å². The summed E-state index contributed by atoms with van der Waals surface area (Å²) in [5.74, 6) is -1.26. The van der Waals surface area contributed by atoms with Gasteiger partial charge >= 0.3 is 5.97 Å². The molecule has 0 bridgehead atoms. The van der Waals surface area contributed by atoms with Gasteiger partial charge in [0, 0.05) is 10.6 Å². The van der Waals surface area contributed by atoms with Crippen molar-refractivity contribution in [2.45, 2.75) is 18.6 Å². The minimum atomic E-state index is -1.51. The Morgan fingerprint density at radius 3 is 2.65 bits per heavy atom. The van der Waals surface area contributed by atoms with E-state index in [9.17, 15) is 15.0 Å². The van der Waals surface area contributed by atoms with Crippen LogP contribution in [-0.2, 0) is 0 Å². The van der Waals surface area contributed by atoms with Crippen LogP contribution in [0.25, 0.3) is 0 Å². The molecule has 0 amide bonds. The fraction of sp³-hybridized carbons (Fsp3) is 0.273. The van der Waals surface area contributed by atoms with Gasteiger partial charge in [0.15, 0.2) is 0 Å². The molecule has 0 aromatic heterocycles. The molecule has 6 heteroatoms. The van der Waals surface area contributed by atoms with Crippen LogP contribution < -0.4 is 0 Å². The number of halogens is 1. The van der Waals surface area contributed by atoms with E-state index in [0.29, 0.717) is 0 Å². The number of nitriles is 1. The van der Waals surface area contributed by atoms with Gasteiger partial charge in [-0.25, -0.2) is 4.79 Å². The monoisotopic (exact) mass is 255 g/mol. The summed E-state index contributed by atoms with van der Waals surface area (Å²) in [6, 6.07) is 5.79. The van der Waals surface area contributed by atoms with E-state index in [4.69, 9.17) is 22.0 Å². The molecule has 0 aliphatic heterocycles. The number of benzene rings is 1. The van der Waals surface area contributed by atoms with Gasteiger partial charge in [-0.1, -0.05) is 17.7 Å². The Kier molecular flexibility index (Phi) is 4.46. The van der Waals surface area contributed by atoms with Gasteiger partial charge in [0.2, 0.25) is 0 Å². The molecule has 2 unspecified atom stereocenters. The first kappa shape index (κ1) is 13.5. The molecule has 0 fully saturated rings. The second kappa shape index (κ2) is 5.64. The van der Waals surface area contributed by atoms with E-state index >= 15 is 0 Å². The Hall–Kier alpha value is -1.61. The van der Waals surface area contributed by atoms with Crippen LogP contribution in [0.5, 0.6) is 0 Å². The lowest BCUT2D eigenvalue weighted by atomic mass is 9.97. The average molecular weight is 256 g/mol. The minimum absolute atomic E-state index is 0.0365. The van der Waals surface area contributed by atoms with Crippen molar-refractivity contribution >= 4 is 17.6 Å². The van der Waals surface area contributed by atoms with E-state index in [1.165, 1.54) is 18.2 Å². The summed E-state index contributed by atoms with van der Waals surface area (Å²) < 4.78 is 0. The van der Waals surface area contributed by atoms with E-state index in [0.717, 1.165) is 0 Å². The number of carboxylic acids is 1. The van der Waals surface area contributed by atoms with Crippen molar-refractivity contribution in [2.24, 2.45) is 0 Å². The Labute approximate surface area is 102 Å². The topological polar surface area (TPSA) is 102 Å². The van der Waals surface area contributed by atoms with Crippen LogP contribution in [-0.4, -0.2) is 27.4 Å². The minimum Gasteiger partial charge on any atom is -0.478 e. The van der Waals surface area contributed by atoms with Gasteiger partial charge in [-0.05, 0) is 12.1 Å². The van der Waals surface area contributed by atoms with Gasteiger partial charge in [0.05, 0.1) is 24.2 Å². The van der Waals surface area contributed by atoms with Crippen molar-refractivity contribution in [1.29, 1.82) is 5.26 Å². The molecule has 1 aromatic carbocycles. The molecule has 5 nitrogen and oxygen atoms in total. The number of aromatic carboxylic acids is 1. The molecule has 1 aromatic rings. The molecular formula is C11H10ClNO4. The highest BCUT2D eigenvalue weighted by Gasteiger charge is 2.25. The van der Waals surface area contributed by atoms with Crippen molar-refractivity contribution in [1.82, 2.24) is 0 Å². The quantitative estimate of drug-likeness (QED) is 0.754. The van der Waals surface area contributed by atoms with Crippen LogP contribution in [0.4, 0.5) is 0 Å². The van der Waals surface area contributed by atoms with Crippen molar-refractivity contribution < 1.29 is 20.1 Å². The van der Waals surface area contributed by atoms with Crippen molar-refractivity contribution in [3.05, 3.63) is 34.3 Å². The summed E-state index contributed by atoms with van der Waals surface area (Å²) in [7, 11) is 0. The number of aliphatic hydroxyl groups is 2. The molecule has 0 aliphatic carbocycles. The molecule has 0 aliphatic rings. The SMILES string of the molecule is N#CCC(O)C(O)c1c(Cl)cccc1C(=O)O. The van der Waals surface area contributed by atoms with Gasteiger partial charge in [0.1, 0.15) is 6.10 Å². The largest absolute Gasteiger partial charge is 0.478 e. The molecule has 0 saturated carbocycles. The van der Waals surface area contributed by atoms with Crippen LogP contribution in [0.15, 0.2) is 18.2 Å². The molecule has 0 spiro atoms. The lowest BCUT2D eigenvalue weighted by Crippen LogP contribution is -2.20. The van der Waals surface area contributed by atoms with Crippen LogP contribution in [0, 0.1) is 11.3 Å². The maximum Gasteiger partial charge on any atom is 0.336 e. The summed E-state index contributed by atoms with van der Waals surface area (Å²) in [6.07, 6.45) is -3.20. The normalized spacial score (nSPS) is 13.8. The molecule has 1 rings (SSSR count). The Bertz CT molecular complexity index is 469. The molecule has 0 saturated heterocycles. The number of rotatable bonds is 4. The number of hydrogen-bond acceptors (Lipinski definition) is 4. The highest BCUT2D eigenvalue weighted by atomic mass is 35.5. The summed E-state index contributed by atoms with van der Waals surface area (Å²) in [5.41, 5.74) is -0.272. The Balaban J connectivity index is 3.20. The van der Waals surface area contributed by atoms with E-state index in [1.807, 2.05) is 0 Å². The van der Waals surface area contributed by atoms with Crippen molar-refractivity contribution in [2.75, 3.05) is 0 Å². The maximum atomic E-state index is 10.9. The van der Waals surface area contributed by atoms with Gasteiger partial charge in [-0.3, -0.25) is 0 Å². The highest BCUT2D eigenvalue weighted by molar-refractivity contribution is 6.31. The van der Waals surface area contributed by atoms with Gasteiger partial charge in [-0.2, -0.15) is 5.26 Å².